The van der Waals surface area contributed by atoms with Crippen LogP contribution in [0.25, 0.3) is 11.1 Å². The molecule has 3 aromatic rings. The molecule has 0 unspecified atom stereocenters. The van der Waals surface area contributed by atoms with E-state index >= 15 is 0 Å². The normalized spacial score (nSPS) is 14.3. The average molecular weight is 451 g/mol. The smallest absolute Gasteiger partial charge is 0.147 e. The number of hydrogen-bond acceptors (Lipinski definition) is 6. The summed E-state index contributed by atoms with van der Waals surface area (Å²) < 4.78 is 0. The third-order valence-electron chi connectivity index (χ3n) is 6.55. The molecule has 0 bridgehead atoms. The number of nitrogens with zero attached hydrogens (tertiary/aromatic N) is 4. The van der Waals surface area contributed by atoms with E-state index in [1.54, 1.807) is 0 Å². The Kier molecular flexibility index (Phi) is 7.75. The third kappa shape index (κ3) is 5.54. The van der Waals surface area contributed by atoms with E-state index in [1.165, 1.54) is 18.4 Å². The fourth-order valence-electron chi connectivity index (χ4n) is 4.72. The van der Waals surface area contributed by atoms with Crippen molar-refractivity contribution in [3.8, 4) is 23.3 Å². The molecule has 0 atom stereocenters. The van der Waals surface area contributed by atoms with Crippen molar-refractivity contribution in [2.24, 2.45) is 5.92 Å². The lowest BCUT2D eigenvalue weighted by Gasteiger charge is -2.32. The maximum atomic E-state index is 9.88. The zero-order chi connectivity index (χ0) is 23.8. The predicted molar refractivity (Wildman–Crippen MR) is 136 cm³/mol. The lowest BCUT2D eigenvalue weighted by Crippen LogP contribution is -2.33. The van der Waals surface area contributed by atoms with Crippen LogP contribution in [0, 0.1) is 28.6 Å². The zero-order valence-electron chi connectivity index (χ0n) is 19.4. The maximum absolute atomic E-state index is 9.88. The quantitative estimate of drug-likeness (QED) is 0.459. The van der Waals surface area contributed by atoms with Crippen LogP contribution >= 0.6 is 0 Å². The number of hydrogen-bond donors (Lipinski definition) is 2. The SMILES string of the molecule is N#Cc1c(N)nc(NCCCC2CCN(Cc3ccccc3)CC2)c(C#N)c1-c1ccccc1. The molecule has 1 aromatic heterocycles. The second-order valence-corrected chi connectivity index (χ2v) is 8.83. The maximum Gasteiger partial charge on any atom is 0.147 e. The molecule has 4 rings (SSSR count). The number of nitrogens with one attached hydrogen (secondary N) is 1. The molecule has 1 fully saturated rings. The number of likely N-dealkylation sites (tertiary alicyclic amines) is 1. The first-order valence-electron chi connectivity index (χ1n) is 11.9. The highest BCUT2D eigenvalue weighted by molar-refractivity contribution is 5.84. The third-order valence-corrected chi connectivity index (χ3v) is 6.55. The number of aromatic nitrogens is 1. The zero-order valence-corrected chi connectivity index (χ0v) is 19.4. The molecule has 3 N–H and O–H groups in total. The molecule has 0 amide bonds. The Labute approximate surface area is 201 Å². The van der Waals surface area contributed by atoms with Crippen molar-refractivity contribution in [1.82, 2.24) is 9.88 Å². The van der Waals surface area contributed by atoms with Gasteiger partial charge in [0.1, 0.15) is 34.9 Å². The Morgan fingerprint density at radius 1 is 0.941 bits per heavy atom. The van der Waals surface area contributed by atoms with Gasteiger partial charge in [-0.25, -0.2) is 4.98 Å². The molecule has 34 heavy (non-hydrogen) atoms. The van der Waals surface area contributed by atoms with Gasteiger partial charge in [0.05, 0.1) is 0 Å². The topological polar surface area (TPSA) is 102 Å². The van der Waals surface area contributed by atoms with Crippen molar-refractivity contribution in [3.05, 3.63) is 77.4 Å². The van der Waals surface area contributed by atoms with Crippen molar-refractivity contribution in [2.45, 2.75) is 32.2 Å². The fraction of sp³-hybridized carbons (Fsp3) is 0.321. The van der Waals surface area contributed by atoms with Gasteiger partial charge in [-0.15, -0.1) is 0 Å². The fourth-order valence-corrected chi connectivity index (χ4v) is 4.72. The Morgan fingerprint density at radius 2 is 1.59 bits per heavy atom. The van der Waals surface area contributed by atoms with E-state index in [2.05, 4.69) is 57.7 Å². The number of pyridine rings is 1. The van der Waals surface area contributed by atoms with E-state index in [9.17, 15) is 10.5 Å². The molecule has 1 aliphatic rings. The van der Waals surface area contributed by atoms with Crippen LogP contribution in [0.1, 0.15) is 42.4 Å². The summed E-state index contributed by atoms with van der Waals surface area (Å²) in [5, 5.41) is 22.8. The molecular weight excluding hydrogens is 420 g/mol. The first-order valence-corrected chi connectivity index (χ1v) is 11.9. The summed E-state index contributed by atoms with van der Waals surface area (Å²) in [4.78, 5) is 6.89. The largest absolute Gasteiger partial charge is 0.383 e. The van der Waals surface area contributed by atoms with Gasteiger partial charge in [-0.05, 0) is 55.8 Å². The van der Waals surface area contributed by atoms with Crippen molar-refractivity contribution in [3.63, 3.8) is 0 Å². The number of nitrogen functional groups attached to an aromatic ring is 1. The van der Waals surface area contributed by atoms with Crippen molar-refractivity contribution >= 4 is 11.6 Å². The second-order valence-electron chi connectivity index (χ2n) is 8.83. The molecule has 0 aliphatic carbocycles. The Hall–Kier alpha value is -3.87. The molecule has 6 nitrogen and oxygen atoms in total. The van der Waals surface area contributed by atoms with Crippen LogP contribution < -0.4 is 11.1 Å². The molecule has 2 heterocycles. The number of nitriles is 2. The highest BCUT2D eigenvalue weighted by Crippen LogP contribution is 2.34. The van der Waals surface area contributed by atoms with Gasteiger partial charge in [-0.1, -0.05) is 60.7 Å². The minimum atomic E-state index is 0.147. The van der Waals surface area contributed by atoms with Crippen molar-refractivity contribution < 1.29 is 0 Å². The van der Waals surface area contributed by atoms with Gasteiger partial charge in [-0.3, -0.25) is 4.90 Å². The summed E-state index contributed by atoms with van der Waals surface area (Å²) in [6.45, 7) is 4.02. The van der Waals surface area contributed by atoms with Gasteiger partial charge in [0, 0.05) is 18.7 Å². The molecule has 1 aliphatic heterocycles. The summed E-state index contributed by atoms with van der Waals surface area (Å²) in [6, 6.07) is 24.4. The summed E-state index contributed by atoms with van der Waals surface area (Å²) in [6.07, 6.45) is 4.58. The highest BCUT2D eigenvalue weighted by atomic mass is 15.1. The first kappa shape index (κ1) is 23.3. The molecule has 0 radical (unpaired) electrons. The average Bonchev–Trinajstić information content (AvgIpc) is 2.88. The molecular formula is C28H30N6. The van der Waals surface area contributed by atoms with Crippen LogP contribution in [0.2, 0.25) is 0 Å². The standard InChI is InChI=1S/C28H30N6/c29-18-24-26(23-11-5-2-6-12-23)25(19-30)28(33-27(24)31)32-15-7-10-21-13-16-34(17-14-21)20-22-8-3-1-4-9-22/h1-6,8-9,11-12,21H,7,10,13-17,20H2,(H3,31,32,33). The Bertz CT molecular complexity index is 1170. The number of nitrogens with two attached hydrogens (primary N) is 1. The second kappa shape index (κ2) is 11.3. The van der Waals surface area contributed by atoms with E-state index in [4.69, 9.17) is 5.73 Å². The summed E-state index contributed by atoms with van der Waals surface area (Å²) in [7, 11) is 0. The van der Waals surface area contributed by atoms with Crippen LogP contribution in [-0.4, -0.2) is 29.5 Å². The van der Waals surface area contributed by atoms with Gasteiger partial charge in [0.2, 0.25) is 0 Å². The van der Waals surface area contributed by atoms with E-state index in [0.29, 0.717) is 23.5 Å². The lowest BCUT2D eigenvalue weighted by atomic mass is 9.92. The van der Waals surface area contributed by atoms with Gasteiger partial charge in [-0.2, -0.15) is 10.5 Å². The molecule has 6 heteroatoms. The molecule has 2 aromatic carbocycles. The molecule has 1 saturated heterocycles. The van der Waals surface area contributed by atoms with Crippen LogP contribution in [0.5, 0.6) is 0 Å². The van der Waals surface area contributed by atoms with Crippen LogP contribution in [0.15, 0.2) is 60.7 Å². The Balaban J connectivity index is 1.33. The summed E-state index contributed by atoms with van der Waals surface area (Å²) in [5.74, 6) is 1.33. The van der Waals surface area contributed by atoms with Crippen molar-refractivity contribution in [2.75, 3.05) is 30.7 Å². The van der Waals surface area contributed by atoms with E-state index < -0.39 is 0 Å². The van der Waals surface area contributed by atoms with E-state index in [0.717, 1.165) is 44.0 Å². The molecule has 0 spiro atoms. The summed E-state index contributed by atoms with van der Waals surface area (Å²) in [5.41, 5.74) is 9.42. The number of anilines is 2. The number of piperidine rings is 1. The molecule has 0 saturated carbocycles. The van der Waals surface area contributed by atoms with Gasteiger partial charge < -0.3 is 11.1 Å². The van der Waals surface area contributed by atoms with Gasteiger partial charge in [0.15, 0.2) is 0 Å². The lowest BCUT2D eigenvalue weighted by molar-refractivity contribution is 0.171. The number of benzene rings is 2. The number of rotatable bonds is 8. The van der Waals surface area contributed by atoms with Crippen LogP contribution in [0.3, 0.4) is 0 Å². The van der Waals surface area contributed by atoms with Crippen molar-refractivity contribution in [1.29, 1.82) is 10.5 Å². The Morgan fingerprint density at radius 3 is 2.24 bits per heavy atom. The first-order chi connectivity index (χ1) is 16.7. The summed E-state index contributed by atoms with van der Waals surface area (Å²) >= 11 is 0. The van der Waals surface area contributed by atoms with Gasteiger partial charge in [0.25, 0.3) is 0 Å². The van der Waals surface area contributed by atoms with E-state index in [-0.39, 0.29) is 11.4 Å². The minimum absolute atomic E-state index is 0.147. The van der Waals surface area contributed by atoms with Gasteiger partial charge >= 0.3 is 0 Å². The molecule has 172 valence electrons. The van der Waals surface area contributed by atoms with E-state index in [1.807, 2.05) is 30.3 Å². The van der Waals surface area contributed by atoms with Crippen LogP contribution in [0.4, 0.5) is 11.6 Å². The van der Waals surface area contributed by atoms with Crippen LogP contribution in [-0.2, 0) is 6.54 Å². The minimum Gasteiger partial charge on any atom is -0.383 e. The highest BCUT2D eigenvalue weighted by Gasteiger charge is 2.21. The predicted octanol–water partition coefficient (Wildman–Crippen LogP) is 5.18. The monoisotopic (exact) mass is 450 g/mol.